The molecule has 1 fully saturated rings. The number of nitrogens with one attached hydrogen (secondary N) is 3. The Morgan fingerprint density at radius 2 is 1.54 bits per heavy atom. The molecule has 0 saturated heterocycles. The second-order valence-electron chi connectivity index (χ2n) is 11.5. The van der Waals surface area contributed by atoms with Crippen LogP contribution in [0.15, 0.2) is 81.0 Å². The predicted octanol–water partition coefficient (Wildman–Crippen LogP) is 5.79. The molecular weight excluding hydrogens is 737 g/mol. The van der Waals surface area contributed by atoms with Crippen molar-refractivity contribution >= 4 is 58.6 Å². The van der Waals surface area contributed by atoms with E-state index in [0.29, 0.717) is 37.2 Å². The van der Waals surface area contributed by atoms with Gasteiger partial charge in [-0.3, -0.25) is 0 Å². The fraction of sp³-hybridized carbons (Fsp3) is 0.355. The number of para-hydroxylation sites is 1. The van der Waals surface area contributed by atoms with Crippen molar-refractivity contribution in [2.45, 2.75) is 48.3 Å². The zero-order valence-electron chi connectivity index (χ0n) is 25.5. The molecule has 0 spiro atoms. The minimum absolute atomic E-state index is 0.0297. The lowest BCUT2D eigenvalue weighted by Gasteiger charge is -2.29. The predicted molar refractivity (Wildman–Crippen MR) is 179 cm³/mol. The number of anilines is 2. The van der Waals surface area contributed by atoms with Gasteiger partial charge in [0.05, 0.1) is 10.4 Å². The number of hydrogen-bond donors (Lipinski definition) is 4. The molecule has 0 atom stereocenters. The Morgan fingerprint density at radius 3 is 2.21 bits per heavy atom. The van der Waals surface area contributed by atoms with Crippen LogP contribution in [0, 0.1) is 11.8 Å². The molecule has 3 aromatic carbocycles. The Labute approximate surface area is 285 Å². The van der Waals surface area contributed by atoms with E-state index >= 15 is 0 Å². The van der Waals surface area contributed by atoms with Crippen molar-refractivity contribution in [3.63, 3.8) is 0 Å². The van der Waals surface area contributed by atoms with E-state index in [1.165, 1.54) is 18.2 Å². The van der Waals surface area contributed by atoms with Gasteiger partial charge >= 0.3 is 6.36 Å². The van der Waals surface area contributed by atoms with Gasteiger partial charge in [-0.25, -0.2) is 31.7 Å². The van der Waals surface area contributed by atoms with Crippen LogP contribution < -0.4 is 25.2 Å². The van der Waals surface area contributed by atoms with Crippen molar-refractivity contribution in [1.29, 1.82) is 0 Å². The largest absolute Gasteiger partial charge is 0.573 e. The molecule has 5 N–H and O–H groups in total. The monoisotopic (exact) mass is 770 g/mol. The number of alkyl halides is 3. The summed E-state index contributed by atoms with van der Waals surface area (Å²) in [4.78, 5) is 8.85. The highest BCUT2D eigenvalue weighted by molar-refractivity contribution is 9.10. The highest BCUT2D eigenvalue weighted by atomic mass is 79.9. The highest BCUT2D eigenvalue weighted by Gasteiger charge is 2.34. The summed E-state index contributed by atoms with van der Waals surface area (Å²) in [5.74, 6) is 0.653. The summed E-state index contributed by atoms with van der Waals surface area (Å²) in [7, 11) is -8.00. The fourth-order valence-corrected chi connectivity index (χ4v) is 7.63. The first-order valence-corrected chi connectivity index (χ1v) is 18.9. The van der Waals surface area contributed by atoms with Crippen LogP contribution in [-0.2, 0) is 26.5 Å². The molecule has 0 unspecified atom stereocenters. The topological polar surface area (TPSA) is 165 Å². The summed E-state index contributed by atoms with van der Waals surface area (Å²) >= 11 is 3.05. The van der Waals surface area contributed by atoms with Crippen molar-refractivity contribution in [1.82, 2.24) is 14.7 Å². The number of aromatic nitrogens is 2. The second kappa shape index (κ2) is 14.9. The third-order valence-corrected chi connectivity index (χ3v) is 10.9. The van der Waals surface area contributed by atoms with E-state index in [9.17, 15) is 30.0 Å². The SMILES string of the molecule is NS(=O)(=O)c1ccc(CCNc2nc(NC[C@H]3CC[C@H](CNS(=O)(=O)c4ccc(Br)cc4OC(F)(F)F)CC3)nc3ccccc23)cc1. The molecule has 48 heavy (non-hydrogen) atoms. The van der Waals surface area contributed by atoms with Gasteiger partial charge in [-0.1, -0.05) is 40.2 Å². The summed E-state index contributed by atoms with van der Waals surface area (Å²) in [6.45, 7) is 1.26. The number of primary sulfonamides is 1. The van der Waals surface area contributed by atoms with Crippen molar-refractivity contribution in [3.8, 4) is 5.75 Å². The molecule has 0 aliphatic heterocycles. The first-order valence-electron chi connectivity index (χ1n) is 15.1. The third-order valence-electron chi connectivity index (χ3n) is 8.06. The lowest BCUT2D eigenvalue weighted by atomic mass is 9.82. The average molecular weight is 772 g/mol. The molecule has 1 saturated carbocycles. The number of benzene rings is 3. The number of halogens is 4. The third kappa shape index (κ3) is 9.78. The fourth-order valence-electron chi connectivity index (χ4n) is 5.55. The van der Waals surface area contributed by atoms with Gasteiger partial charge in [-0.15, -0.1) is 13.2 Å². The number of nitrogens with two attached hydrogens (primary N) is 1. The summed E-state index contributed by atoms with van der Waals surface area (Å²) in [6, 6.07) is 17.4. The summed E-state index contributed by atoms with van der Waals surface area (Å²) in [5.41, 5.74) is 1.70. The summed E-state index contributed by atoms with van der Waals surface area (Å²) in [5, 5.41) is 12.7. The van der Waals surface area contributed by atoms with Crippen LogP contribution in [-0.4, -0.2) is 52.8 Å². The average Bonchev–Trinajstić information content (AvgIpc) is 3.02. The Hall–Kier alpha value is -3.51. The highest BCUT2D eigenvalue weighted by Crippen LogP contribution is 2.33. The maximum absolute atomic E-state index is 12.9. The standard InChI is InChI=1S/C31H34BrF3N6O5S2/c32-23-11-14-28(27(17-23)46-31(33,34)35)48(44,45)39-19-22-7-5-21(6-8-22)18-38-30-40-26-4-2-1-3-25(26)29(41-30)37-16-15-20-9-12-24(13-10-20)47(36,42)43/h1-4,9-14,17,21-22,39H,5-8,15-16,18-19H2,(H2,36,42,43)(H2,37,38,40,41)/t21-,22-. The molecule has 258 valence electrons. The Kier molecular flexibility index (Phi) is 11.1. The van der Waals surface area contributed by atoms with E-state index in [-0.39, 0.29) is 21.8 Å². The molecule has 1 aliphatic rings. The molecule has 1 aliphatic carbocycles. The number of rotatable bonds is 13. The second-order valence-corrected chi connectivity index (χ2v) is 15.7. The molecular formula is C31H34BrF3N6O5S2. The van der Waals surface area contributed by atoms with Crippen LogP contribution in [0.4, 0.5) is 24.9 Å². The molecule has 1 heterocycles. The lowest BCUT2D eigenvalue weighted by Crippen LogP contribution is -2.33. The van der Waals surface area contributed by atoms with E-state index in [0.717, 1.165) is 54.3 Å². The number of hydrogen-bond acceptors (Lipinski definition) is 9. The molecule has 0 bridgehead atoms. The number of nitrogens with zero attached hydrogens (tertiary/aromatic N) is 2. The number of ether oxygens (including phenoxy) is 1. The molecule has 11 nitrogen and oxygen atoms in total. The van der Waals surface area contributed by atoms with E-state index in [4.69, 9.17) is 10.1 Å². The quantitative estimate of drug-likeness (QED) is 0.132. The van der Waals surface area contributed by atoms with Gasteiger partial charge in [0.25, 0.3) is 0 Å². The molecule has 5 rings (SSSR count). The van der Waals surface area contributed by atoms with Crippen LogP contribution in [0.5, 0.6) is 5.75 Å². The van der Waals surface area contributed by atoms with Crippen molar-refractivity contribution in [2.75, 3.05) is 30.3 Å². The minimum Gasteiger partial charge on any atom is -0.404 e. The van der Waals surface area contributed by atoms with E-state index in [1.54, 1.807) is 12.1 Å². The number of sulfonamides is 2. The van der Waals surface area contributed by atoms with Gasteiger partial charge in [0, 0.05) is 29.5 Å². The molecule has 4 aromatic rings. The Morgan fingerprint density at radius 1 is 0.875 bits per heavy atom. The lowest BCUT2D eigenvalue weighted by molar-refractivity contribution is -0.275. The molecule has 0 radical (unpaired) electrons. The van der Waals surface area contributed by atoms with Crippen LogP contribution in [0.1, 0.15) is 31.2 Å². The Balaban J connectivity index is 1.13. The zero-order valence-corrected chi connectivity index (χ0v) is 28.7. The summed E-state index contributed by atoms with van der Waals surface area (Å²) in [6.07, 6.45) is -1.29. The Bertz CT molecular complexity index is 1960. The van der Waals surface area contributed by atoms with Gasteiger partial charge in [0.15, 0.2) is 5.75 Å². The van der Waals surface area contributed by atoms with E-state index < -0.39 is 37.1 Å². The number of fused-ring (bicyclic) bond motifs is 1. The van der Waals surface area contributed by atoms with Gasteiger partial charge in [-0.2, -0.15) is 4.98 Å². The van der Waals surface area contributed by atoms with Crippen molar-refractivity contribution in [3.05, 3.63) is 76.8 Å². The van der Waals surface area contributed by atoms with Crippen LogP contribution in [0.25, 0.3) is 10.9 Å². The van der Waals surface area contributed by atoms with Gasteiger partial charge < -0.3 is 15.4 Å². The van der Waals surface area contributed by atoms with Gasteiger partial charge in [-0.05, 0) is 92.0 Å². The zero-order chi connectivity index (χ0) is 34.5. The van der Waals surface area contributed by atoms with Gasteiger partial charge in [0.2, 0.25) is 26.0 Å². The molecule has 1 aromatic heterocycles. The smallest absolute Gasteiger partial charge is 0.404 e. The first kappa shape index (κ1) is 35.8. The molecule has 0 amide bonds. The first-order chi connectivity index (χ1) is 22.7. The molecule has 17 heteroatoms. The van der Waals surface area contributed by atoms with Crippen LogP contribution in [0.2, 0.25) is 0 Å². The normalized spacial score (nSPS) is 17.3. The van der Waals surface area contributed by atoms with Crippen molar-refractivity contribution in [2.24, 2.45) is 17.0 Å². The minimum atomic E-state index is -5.04. The maximum atomic E-state index is 12.9. The van der Waals surface area contributed by atoms with Crippen LogP contribution in [0.3, 0.4) is 0 Å². The van der Waals surface area contributed by atoms with E-state index in [2.05, 4.69) is 41.0 Å². The maximum Gasteiger partial charge on any atom is 0.573 e. The summed E-state index contributed by atoms with van der Waals surface area (Å²) < 4.78 is 94.1. The van der Waals surface area contributed by atoms with Crippen molar-refractivity contribution < 1.29 is 34.7 Å². The van der Waals surface area contributed by atoms with E-state index in [1.807, 2.05) is 24.3 Å². The van der Waals surface area contributed by atoms with Gasteiger partial charge in [0.1, 0.15) is 10.7 Å². The van der Waals surface area contributed by atoms with Crippen LogP contribution >= 0.6 is 15.9 Å².